The third kappa shape index (κ3) is 2.78. The van der Waals surface area contributed by atoms with Crippen LogP contribution in [0.15, 0.2) is 41.7 Å². The zero-order chi connectivity index (χ0) is 13.9. The number of hydrogen-bond donors (Lipinski definition) is 1. The third-order valence-corrected chi connectivity index (χ3v) is 4.47. The minimum Gasteiger partial charge on any atom is -0.344 e. The molecule has 1 aliphatic rings. The molecule has 20 heavy (non-hydrogen) atoms. The number of hydrogen-bond acceptors (Lipinski definition) is 4. The second-order valence-corrected chi connectivity index (χ2v) is 6.01. The van der Waals surface area contributed by atoms with Crippen LogP contribution < -0.4 is 5.32 Å². The number of carbonyl (C=O) groups is 1. The molecule has 0 saturated carbocycles. The summed E-state index contributed by atoms with van der Waals surface area (Å²) in [5.41, 5.74) is 1.40. The number of amides is 1. The average molecular weight is 306 g/mol. The summed E-state index contributed by atoms with van der Waals surface area (Å²) in [7, 11) is 0. The van der Waals surface area contributed by atoms with Gasteiger partial charge >= 0.3 is 0 Å². The Labute approximate surface area is 126 Å². The molecule has 3 rings (SSSR count). The fraction of sp³-hybridized carbons (Fsp3) is 0.214. The lowest BCUT2D eigenvalue weighted by atomic mass is 10.0. The van der Waals surface area contributed by atoms with Crippen LogP contribution in [0.4, 0.5) is 0 Å². The maximum Gasteiger partial charge on any atom is 0.271 e. The summed E-state index contributed by atoms with van der Waals surface area (Å²) < 4.78 is 0. The molecule has 1 atom stereocenters. The van der Waals surface area contributed by atoms with E-state index in [-0.39, 0.29) is 11.9 Å². The number of nitrogens with one attached hydrogen (secondary N) is 1. The molecular formula is C14H12ClN3OS. The maximum absolute atomic E-state index is 12.2. The van der Waals surface area contributed by atoms with Gasteiger partial charge in [0.05, 0.1) is 12.2 Å². The zero-order valence-corrected chi connectivity index (χ0v) is 12.1. The SMILES string of the molecule is O=C(NC1CCSc2ccc(Cl)cc21)c1cnccn1. The molecule has 102 valence electrons. The van der Waals surface area contributed by atoms with Crippen LogP contribution in [0.3, 0.4) is 0 Å². The largest absolute Gasteiger partial charge is 0.344 e. The van der Waals surface area contributed by atoms with Crippen molar-refractivity contribution < 1.29 is 4.79 Å². The number of halogens is 1. The highest BCUT2D eigenvalue weighted by Gasteiger charge is 2.23. The molecule has 0 bridgehead atoms. The fourth-order valence-corrected chi connectivity index (χ4v) is 3.45. The summed E-state index contributed by atoms with van der Waals surface area (Å²) >= 11 is 7.84. The number of fused-ring (bicyclic) bond motifs is 1. The number of thioether (sulfide) groups is 1. The van der Waals surface area contributed by atoms with Crippen LogP contribution in [0.1, 0.15) is 28.5 Å². The summed E-state index contributed by atoms with van der Waals surface area (Å²) in [6.07, 6.45) is 5.40. The van der Waals surface area contributed by atoms with Crippen molar-refractivity contribution in [3.8, 4) is 0 Å². The first-order valence-corrected chi connectivity index (χ1v) is 7.59. The highest BCUT2D eigenvalue weighted by atomic mass is 35.5. The zero-order valence-electron chi connectivity index (χ0n) is 10.5. The summed E-state index contributed by atoms with van der Waals surface area (Å²) in [6.45, 7) is 0. The normalized spacial score (nSPS) is 17.4. The van der Waals surface area contributed by atoms with Crippen LogP contribution in [-0.2, 0) is 0 Å². The standard InChI is InChI=1S/C14H12ClN3OS/c15-9-1-2-13-10(7-9)11(3-6-20-13)18-14(19)12-8-16-4-5-17-12/h1-2,4-5,7-8,11H,3,6H2,(H,18,19). The first kappa shape index (κ1) is 13.4. The van der Waals surface area contributed by atoms with Crippen LogP contribution in [-0.4, -0.2) is 21.6 Å². The predicted molar refractivity (Wildman–Crippen MR) is 79.0 cm³/mol. The minimum atomic E-state index is -0.207. The van der Waals surface area contributed by atoms with Crippen LogP contribution >= 0.6 is 23.4 Å². The first-order valence-electron chi connectivity index (χ1n) is 6.23. The minimum absolute atomic E-state index is 0.0283. The molecule has 0 aliphatic carbocycles. The van der Waals surface area contributed by atoms with Crippen molar-refractivity contribution in [2.45, 2.75) is 17.4 Å². The third-order valence-electron chi connectivity index (χ3n) is 3.11. The van der Waals surface area contributed by atoms with Gasteiger partial charge in [-0.3, -0.25) is 9.78 Å². The van der Waals surface area contributed by atoms with E-state index in [1.807, 2.05) is 18.2 Å². The van der Waals surface area contributed by atoms with Crippen molar-refractivity contribution in [2.75, 3.05) is 5.75 Å². The average Bonchev–Trinajstić information content (AvgIpc) is 2.49. The predicted octanol–water partition coefficient (Wildman–Crippen LogP) is 3.10. The van der Waals surface area contributed by atoms with Crippen molar-refractivity contribution in [2.24, 2.45) is 0 Å². The van der Waals surface area contributed by atoms with Crippen molar-refractivity contribution >= 4 is 29.3 Å². The van der Waals surface area contributed by atoms with E-state index in [2.05, 4.69) is 15.3 Å². The highest BCUT2D eigenvalue weighted by Crippen LogP contribution is 2.37. The van der Waals surface area contributed by atoms with Crippen molar-refractivity contribution in [1.82, 2.24) is 15.3 Å². The van der Waals surface area contributed by atoms with Crippen LogP contribution in [0.2, 0.25) is 5.02 Å². The summed E-state index contributed by atoms with van der Waals surface area (Å²) in [5, 5.41) is 3.69. The van der Waals surface area contributed by atoms with E-state index < -0.39 is 0 Å². The Balaban J connectivity index is 1.83. The number of aromatic nitrogens is 2. The van der Waals surface area contributed by atoms with Gasteiger partial charge in [-0.2, -0.15) is 0 Å². The van der Waals surface area contributed by atoms with Gasteiger partial charge < -0.3 is 5.32 Å². The Morgan fingerprint density at radius 1 is 1.40 bits per heavy atom. The van der Waals surface area contributed by atoms with Crippen LogP contribution in [0.5, 0.6) is 0 Å². The van der Waals surface area contributed by atoms with Gasteiger partial charge in [-0.15, -0.1) is 11.8 Å². The number of rotatable bonds is 2. The van der Waals surface area contributed by atoms with Crippen molar-refractivity contribution in [3.05, 3.63) is 53.1 Å². The van der Waals surface area contributed by atoms with Gasteiger partial charge in [-0.25, -0.2) is 4.98 Å². The van der Waals surface area contributed by atoms with E-state index in [9.17, 15) is 4.79 Å². The first-order chi connectivity index (χ1) is 9.74. The number of benzene rings is 1. The molecule has 1 aliphatic heterocycles. The maximum atomic E-state index is 12.2. The summed E-state index contributed by atoms with van der Waals surface area (Å²) in [5.74, 6) is 0.765. The number of carbonyl (C=O) groups excluding carboxylic acids is 1. The van der Waals surface area contributed by atoms with E-state index in [4.69, 9.17) is 11.6 Å². The van der Waals surface area contributed by atoms with Gasteiger partial charge in [0.15, 0.2) is 0 Å². The molecule has 1 aromatic carbocycles. The van der Waals surface area contributed by atoms with E-state index in [0.717, 1.165) is 17.7 Å². The van der Waals surface area contributed by atoms with E-state index in [1.165, 1.54) is 17.3 Å². The Morgan fingerprint density at radius 3 is 3.10 bits per heavy atom. The molecule has 1 N–H and O–H groups in total. The van der Waals surface area contributed by atoms with Gasteiger partial charge in [-0.1, -0.05) is 11.6 Å². The van der Waals surface area contributed by atoms with E-state index >= 15 is 0 Å². The number of nitrogens with zero attached hydrogens (tertiary/aromatic N) is 2. The Morgan fingerprint density at radius 2 is 2.30 bits per heavy atom. The van der Waals surface area contributed by atoms with Gasteiger partial charge in [0, 0.05) is 28.1 Å². The molecule has 1 amide bonds. The second kappa shape index (κ2) is 5.81. The molecule has 6 heteroatoms. The molecule has 0 fully saturated rings. The molecule has 0 spiro atoms. The second-order valence-electron chi connectivity index (χ2n) is 4.44. The topological polar surface area (TPSA) is 54.9 Å². The monoisotopic (exact) mass is 305 g/mol. The Kier molecular flexibility index (Phi) is 3.89. The van der Waals surface area contributed by atoms with Gasteiger partial charge in [0.2, 0.25) is 0 Å². The lowest BCUT2D eigenvalue weighted by molar-refractivity contribution is 0.0929. The van der Waals surface area contributed by atoms with Crippen molar-refractivity contribution in [3.63, 3.8) is 0 Å². The van der Waals surface area contributed by atoms with Crippen LogP contribution in [0.25, 0.3) is 0 Å². The molecule has 1 aromatic heterocycles. The lowest BCUT2D eigenvalue weighted by Gasteiger charge is -2.26. The van der Waals surface area contributed by atoms with E-state index in [0.29, 0.717) is 10.7 Å². The molecular weight excluding hydrogens is 294 g/mol. The molecule has 1 unspecified atom stereocenters. The lowest BCUT2D eigenvalue weighted by Crippen LogP contribution is -2.31. The Hall–Kier alpha value is -1.59. The van der Waals surface area contributed by atoms with E-state index in [1.54, 1.807) is 18.0 Å². The smallest absolute Gasteiger partial charge is 0.271 e. The van der Waals surface area contributed by atoms with Crippen molar-refractivity contribution in [1.29, 1.82) is 0 Å². The Bertz CT molecular complexity index is 636. The van der Waals surface area contributed by atoms with Crippen LogP contribution in [0, 0.1) is 0 Å². The highest BCUT2D eigenvalue weighted by molar-refractivity contribution is 7.99. The van der Waals surface area contributed by atoms with Gasteiger partial charge in [0.25, 0.3) is 5.91 Å². The summed E-state index contributed by atoms with van der Waals surface area (Å²) in [6, 6.07) is 5.77. The van der Waals surface area contributed by atoms with Gasteiger partial charge in [-0.05, 0) is 30.2 Å². The molecule has 0 radical (unpaired) electrons. The molecule has 0 saturated heterocycles. The molecule has 4 nitrogen and oxygen atoms in total. The van der Waals surface area contributed by atoms with Gasteiger partial charge in [0.1, 0.15) is 5.69 Å². The molecule has 2 aromatic rings. The quantitative estimate of drug-likeness (QED) is 0.926. The molecule has 2 heterocycles. The summed E-state index contributed by atoms with van der Waals surface area (Å²) in [4.78, 5) is 21.2. The fourth-order valence-electron chi connectivity index (χ4n) is 2.16.